The summed E-state index contributed by atoms with van der Waals surface area (Å²) < 4.78 is 1.07. The summed E-state index contributed by atoms with van der Waals surface area (Å²) in [5.41, 5.74) is 2.92. The second-order valence-corrected chi connectivity index (χ2v) is 7.61. The highest BCUT2D eigenvalue weighted by Gasteiger charge is 2.44. The largest absolute Gasteiger partial charge is 0.481 e. The summed E-state index contributed by atoms with van der Waals surface area (Å²) in [6.45, 7) is 2.34. The fraction of sp³-hybridized carbons (Fsp3) is 0.824. The van der Waals surface area contributed by atoms with E-state index in [1.54, 1.807) is 22.9 Å². The Hall–Kier alpha value is -0.940. The molecule has 0 saturated carbocycles. The van der Waals surface area contributed by atoms with Gasteiger partial charge in [-0.1, -0.05) is 45.4 Å². The Balaban J connectivity index is 2.41. The molecule has 0 aromatic heterocycles. The van der Waals surface area contributed by atoms with Crippen LogP contribution in [-0.4, -0.2) is 54.9 Å². The zero-order valence-corrected chi connectivity index (χ0v) is 17.5. The number of hydrogen-bond donors (Lipinski definition) is 3. The topological polar surface area (TPSA) is 110 Å². The summed E-state index contributed by atoms with van der Waals surface area (Å²) in [6.07, 6.45) is 6.85. The van der Waals surface area contributed by atoms with Gasteiger partial charge in [0.2, 0.25) is 0 Å². The number of carboxylic acids is 1. The number of carbonyl (C=O) groups excluding carboxylic acids is 2. The quantitative estimate of drug-likeness (QED) is 0.152. The lowest BCUT2D eigenvalue weighted by Crippen LogP contribution is -2.48. The number of aliphatic hydroxyl groups is 1. The fourth-order valence-corrected chi connectivity index (χ4v) is 3.45. The van der Waals surface area contributed by atoms with Crippen molar-refractivity contribution < 1.29 is 24.6 Å². The molecule has 8 nitrogen and oxygen atoms in total. The molecule has 1 saturated heterocycles. The fourth-order valence-electron chi connectivity index (χ4n) is 2.90. The number of carboxylic acid groups (broad SMARTS) is 1. The minimum Gasteiger partial charge on any atom is -0.481 e. The van der Waals surface area contributed by atoms with Gasteiger partial charge < -0.3 is 10.2 Å². The molecule has 1 aliphatic heterocycles. The van der Waals surface area contributed by atoms with E-state index in [1.807, 2.05) is 0 Å². The van der Waals surface area contributed by atoms with E-state index in [4.69, 9.17) is 5.11 Å². The number of nitrogens with one attached hydrogen (secondary N) is 1. The number of hydrazine groups is 1. The minimum atomic E-state index is -0.796. The van der Waals surface area contributed by atoms with Crippen molar-refractivity contribution >= 4 is 40.8 Å². The molecule has 9 heteroatoms. The number of aliphatic carboxylic acids is 1. The highest BCUT2D eigenvalue weighted by atomic mass is 127. The smallest absolute Gasteiger partial charge is 0.350 e. The van der Waals surface area contributed by atoms with Gasteiger partial charge in [0.15, 0.2) is 0 Å². The van der Waals surface area contributed by atoms with Gasteiger partial charge in [-0.2, -0.15) is 3.11 Å². The number of urea groups is 1. The highest BCUT2D eigenvalue weighted by Crippen LogP contribution is 2.23. The number of rotatable bonds is 14. The molecule has 0 aliphatic carbocycles. The molecule has 150 valence electrons. The second kappa shape index (κ2) is 12.4. The molecule has 0 bridgehead atoms. The average Bonchev–Trinajstić information content (AvgIpc) is 2.80. The number of carbonyl (C=O) groups is 3. The van der Waals surface area contributed by atoms with Crippen LogP contribution in [0.2, 0.25) is 0 Å². The summed E-state index contributed by atoms with van der Waals surface area (Å²) in [6, 6.07) is -0.978. The first-order valence-corrected chi connectivity index (χ1v) is 10.3. The van der Waals surface area contributed by atoms with Crippen molar-refractivity contribution in [1.82, 2.24) is 13.5 Å². The SMILES string of the molecule is CCCCCC(O)CNN1C(=O)N(I)C(=O)C1CCCCCCC(=O)O. The number of nitrogens with zero attached hydrogens (tertiary/aromatic N) is 2. The molecule has 1 aliphatic rings. The molecule has 1 fully saturated rings. The van der Waals surface area contributed by atoms with Gasteiger partial charge in [-0.3, -0.25) is 9.59 Å². The lowest BCUT2D eigenvalue weighted by molar-refractivity contribution is -0.137. The summed E-state index contributed by atoms with van der Waals surface area (Å²) in [4.78, 5) is 35.0. The third kappa shape index (κ3) is 7.75. The van der Waals surface area contributed by atoms with E-state index >= 15 is 0 Å². The van der Waals surface area contributed by atoms with Crippen LogP contribution in [0.15, 0.2) is 0 Å². The van der Waals surface area contributed by atoms with Gasteiger partial charge in [0.05, 0.1) is 29.0 Å². The second-order valence-electron chi connectivity index (χ2n) is 6.65. The summed E-state index contributed by atoms with van der Waals surface area (Å²) in [5, 5.41) is 20.0. The van der Waals surface area contributed by atoms with Crippen molar-refractivity contribution in [3.8, 4) is 0 Å². The van der Waals surface area contributed by atoms with Crippen LogP contribution in [0.1, 0.15) is 71.1 Å². The van der Waals surface area contributed by atoms with Gasteiger partial charge in [-0.15, -0.1) is 0 Å². The van der Waals surface area contributed by atoms with Crippen molar-refractivity contribution in [2.45, 2.75) is 83.3 Å². The molecule has 0 spiro atoms. The Morgan fingerprint density at radius 2 is 1.88 bits per heavy atom. The molecule has 0 aromatic carbocycles. The molecular weight excluding hydrogens is 453 g/mol. The molecule has 2 unspecified atom stereocenters. The Bertz CT molecular complexity index is 477. The lowest BCUT2D eigenvalue weighted by atomic mass is 10.1. The third-order valence-corrected chi connectivity index (χ3v) is 5.31. The van der Waals surface area contributed by atoms with Crippen LogP contribution < -0.4 is 5.43 Å². The van der Waals surface area contributed by atoms with Crippen molar-refractivity contribution in [3.63, 3.8) is 0 Å². The van der Waals surface area contributed by atoms with Crippen molar-refractivity contribution in [2.75, 3.05) is 6.54 Å². The maximum Gasteiger partial charge on any atom is 0.350 e. The van der Waals surface area contributed by atoms with Crippen LogP contribution in [0.3, 0.4) is 0 Å². The van der Waals surface area contributed by atoms with Gasteiger partial charge >= 0.3 is 12.0 Å². The van der Waals surface area contributed by atoms with Crippen LogP contribution in [0.25, 0.3) is 0 Å². The number of imide groups is 1. The predicted molar refractivity (Wildman–Crippen MR) is 105 cm³/mol. The maximum atomic E-state index is 12.3. The summed E-state index contributed by atoms with van der Waals surface area (Å²) in [5.74, 6) is -1.05. The van der Waals surface area contributed by atoms with E-state index in [0.717, 1.165) is 41.6 Å². The first-order chi connectivity index (χ1) is 12.4. The first kappa shape index (κ1) is 23.1. The zero-order chi connectivity index (χ0) is 19.5. The van der Waals surface area contributed by atoms with Crippen LogP contribution in [0.5, 0.6) is 0 Å². The Kier molecular flexibility index (Phi) is 11.1. The van der Waals surface area contributed by atoms with Gasteiger partial charge in [0, 0.05) is 13.0 Å². The zero-order valence-electron chi connectivity index (χ0n) is 15.3. The van der Waals surface area contributed by atoms with Gasteiger partial charge in [0.25, 0.3) is 5.91 Å². The van der Waals surface area contributed by atoms with Gasteiger partial charge in [-0.25, -0.2) is 15.2 Å². The average molecular weight is 483 g/mol. The number of amides is 3. The third-order valence-electron chi connectivity index (χ3n) is 4.42. The maximum absolute atomic E-state index is 12.3. The van der Waals surface area contributed by atoms with E-state index < -0.39 is 24.1 Å². The normalized spacial score (nSPS) is 18.7. The molecule has 0 aromatic rings. The molecule has 3 amide bonds. The predicted octanol–water partition coefficient (Wildman–Crippen LogP) is 2.84. The molecule has 2 atom stereocenters. The molecule has 1 heterocycles. The first-order valence-electron chi connectivity index (χ1n) is 9.34. The number of hydrogen-bond acceptors (Lipinski definition) is 5. The minimum absolute atomic E-state index is 0.159. The Morgan fingerprint density at radius 3 is 2.54 bits per heavy atom. The van der Waals surface area contributed by atoms with Crippen molar-refractivity contribution in [3.05, 3.63) is 0 Å². The van der Waals surface area contributed by atoms with Crippen molar-refractivity contribution in [1.29, 1.82) is 0 Å². The van der Waals surface area contributed by atoms with Gasteiger partial charge in [0.1, 0.15) is 6.04 Å². The summed E-state index contributed by atoms with van der Waals surface area (Å²) in [7, 11) is 0. The summed E-state index contributed by atoms with van der Waals surface area (Å²) >= 11 is 1.71. The molecular formula is C17H30IN3O5. The van der Waals surface area contributed by atoms with Crippen LogP contribution in [0, 0.1) is 0 Å². The Morgan fingerprint density at radius 1 is 1.19 bits per heavy atom. The molecule has 26 heavy (non-hydrogen) atoms. The standard InChI is InChI=1S/C17H30IN3O5/c1-2-3-6-9-13(22)12-19-21-14(16(25)20(18)17(21)26)10-7-4-5-8-11-15(23)24/h13-14,19,22H,2-12H2,1H3,(H,23,24). The number of aliphatic hydroxyl groups excluding tert-OH is 1. The monoisotopic (exact) mass is 483 g/mol. The van der Waals surface area contributed by atoms with Crippen LogP contribution >= 0.6 is 22.9 Å². The molecule has 3 N–H and O–H groups in total. The highest BCUT2D eigenvalue weighted by molar-refractivity contribution is 14.1. The van der Waals surface area contributed by atoms with Crippen LogP contribution in [-0.2, 0) is 9.59 Å². The molecule has 0 radical (unpaired) electrons. The number of halogens is 1. The van der Waals surface area contributed by atoms with E-state index in [2.05, 4.69) is 12.3 Å². The lowest BCUT2D eigenvalue weighted by Gasteiger charge is -2.24. The van der Waals surface area contributed by atoms with E-state index in [9.17, 15) is 19.5 Å². The van der Waals surface area contributed by atoms with Crippen LogP contribution in [0.4, 0.5) is 4.79 Å². The van der Waals surface area contributed by atoms with E-state index in [-0.39, 0.29) is 18.9 Å². The van der Waals surface area contributed by atoms with Gasteiger partial charge in [-0.05, 0) is 19.3 Å². The Labute approximate surface area is 168 Å². The van der Waals surface area contributed by atoms with E-state index in [1.165, 1.54) is 5.01 Å². The number of unbranched alkanes of at least 4 members (excludes halogenated alkanes) is 5. The van der Waals surface area contributed by atoms with E-state index in [0.29, 0.717) is 19.3 Å². The van der Waals surface area contributed by atoms with Crippen molar-refractivity contribution in [2.24, 2.45) is 0 Å². The molecule has 1 rings (SSSR count).